The van der Waals surface area contributed by atoms with E-state index in [0.717, 1.165) is 22.6 Å². The van der Waals surface area contributed by atoms with E-state index in [1.807, 2.05) is 42.7 Å². The number of rotatable bonds is 4. The molecule has 0 saturated carbocycles. The summed E-state index contributed by atoms with van der Waals surface area (Å²) >= 11 is 0. The maximum absolute atomic E-state index is 12.4. The average Bonchev–Trinajstić information content (AvgIpc) is 3.22. The summed E-state index contributed by atoms with van der Waals surface area (Å²) in [5.41, 5.74) is 2.35. The van der Waals surface area contributed by atoms with Gasteiger partial charge in [-0.1, -0.05) is 0 Å². The third-order valence-electron chi connectivity index (χ3n) is 4.80. The first-order chi connectivity index (χ1) is 13.8. The maximum atomic E-state index is 12.4. The van der Waals surface area contributed by atoms with Gasteiger partial charge in [-0.25, -0.2) is 4.79 Å². The van der Waals surface area contributed by atoms with E-state index >= 15 is 0 Å². The first-order valence-electron chi connectivity index (χ1n) is 9.00. The molecule has 7 heteroatoms. The monoisotopic (exact) mass is 393 g/mol. The number of carbonyl (C=O) groups is 1. The number of allylic oxidation sites excluding steroid dienone is 1. The van der Waals surface area contributed by atoms with E-state index < -0.39 is 11.4 Å². The molecule has 0 saturated heterocycles. The Morgan fingerprint density at radius 1 is 1.10 bits per heavy atom. The molecule has 2 aromatic heterocycles. The Morgan fingerprint density at radius 3 is 2.62 bits per heavy atom. The smallest absolute Gasteiger partial charge is 0.351 e. The van der Waals surface area contributed by atoms with Crippen LogP contribution in [0, 0.1) is 20.8 Å². The third-order valence-corrected chi connectivity index (χ3v) is 4.80. The molecule has 3 heterocycles. The van der Waals surface area contributed by atoms with Gasteiger partial charge in [-0.2, -0.15) is 0 Å². The summed E-state index contributed by atoms with van der Waals surface area (Å²) in [6, 6.07) is 8.86. The molecule has 29 heavy (non-hydrogen) atoms. The van der Waals surface area contributed by atoms with Gasteiger partial charge in [-0.15, -0.1) is 0 Å². The van der Waals surface area contributed by atoms with Crippen molar-refractivity contribution in [2.45, 2.75) is 20.8 Å². The van der Waals surface area contributed by atoms with Gasteiger partial charge in [0.1, 0.15) is 17.1 Å². The Kier molecular flexibility index (Phi) is 4.50. The predicted molar refractivity (Wildman–Crippen MR) is 106 cm³/mol. The van der Waals surface area contributed by atoms with Crippen molar-refractivity contribution in [2.75, 3.05) is 6.79 Å². The van der Waals surface area contributed by atoms with Crippen molar-refractivity contribution >= 4 is 11.9 Å². The van der Waals surface area contributed by atoms with Crippen molar-refractivity contribution in [3.63, 3.8) is 0 Å². The molecule has 1 aliphatic rings. The molecule has 7 nitrogen and oxygen atoms in total. The van der Waals surface area contributed by atoms with Crippen molar-refractivity contribution in [3.8, 4) is 22.9 Å². The molecule has 0 bridgehead atoms. The molecule has 1 aliphatic heterocycles. The lowest BCUT2D eigenvalue weighted by Crippen LogP contribution is -2.12. The van der Waals surface area contributed by atoms with Gasteiger partial charge in [0, 0.05) is 29.2 Å². The summed E-state index contributed by atoms with van der Waals surface area (Å²) in [7, 11) is 0. The van der Waals surface area contributed by atoms with Crippen LogP contribution in [-0.2, 0) is 0 Å². The molecule has 0 amide bonds. The molecular formula is C22H19NO6. The maximum Gasteiger partial charge on any atom is 0.351 e. The van der Waals surface area contributed by atoms with E-state index in [2.05, 4.69) is 0 Å². The van der Waals surface area contributed by atoms with Gasteiger partial charge < -0.3 is 23.6 Å². The highest BCUT2D eigenvalue weighted by atomic mass is 16.7. The summed E-state index contributed by atoms with van der Waals surface area (Å²) in [6.07, 6.45) is 2.87. The van der Waals surface area contributed by atoms with Crippen molar-refractivity contribution in [3.05, 3.63) is 75.1 Å². The molecule has 3 aromatic rings. The number of hydrogen-bond donors (Lipinski definition) is 1. The minimum absolute atomic E-state index is 0.207. The van der Waals surface area contributed by atoms with Crippen molar-refractivity contribution in [1.82, 2.24) is 4.57 Å². The van der Waals surface area contributed by atoms with Crippen LogP contribution in [0.3, 0.4) is 0 Å². The lowest BCUT2D eigenvalue weighted by molar-refractivity contribution is 0.104. The van der Waals surface area contributed by atoms with Crippen LogP contribution in [0.5, 0.6) is 17.2 Å². The number of fused-ring (bicyclic) bond motifs is 1. The largest absolute Gasteiger partial charge is 0.507 e. The number of carbonyl (C=O) groups excluding carboxylic acids is 1. The lowest BCUT2D eigenvalue weighted by atomic mass is 10.1. The summed E-state index contributed by atoms with van der Waals surface area (Å²) in [5, 5.41) is 9.93. The molecule has 148 valence electrons. The second-order valence-corrected chi connectivity index (χ2v) is 6.80. The SMILES string of the molecule is Cc1cc(O)c(C(=O)/C=C/c2cc(C)n(-c3ccc4c(c3)OCO4)c2C)c(=O)o1. The molecule has 1 N–H and O–H groups in total. The number of ether oxygens (including phenoxy) is 2. The zero-order chi connectivity index (χ0) is 20.7. The number of nitrogens with zero attached hydrogens (tertiary/aromatic N) is 1. The summed E-state index contributed by atoms with van der Waals surface area (Å²) in [6.45, 7) is 5.62. The zero-order valence-electron chi connectivity index (χ0n) is 16.2. The van der Waals surface area contributed by atoms with Gasteiger partial charge in [-0.3, -0.25) is 4.79 Å². The van der Waals surface area contributed by atoms with E-state index in [0.29, 0.717) is 11.5 Å². The van der Waals surface area contributed by atoms with Gasteiger partial charge in [-0.05, 0) is 56.7 Å². The number of aromatic nitrogens is 1. The molecule has 0 atom stereocenters. The first kappa shape index (κ1) is 18.6. The minimum atomic E-state index is -0.858. The molecule has 0 spiro atoms. The topological polar surface area (TPSA) is 90.9 Å². The molecule has 4 rings (SSSR count). The summed E-state index contributed by atoms with van der Waals surface area (Å²) in [5.74, 6) is 0.617. The average molecular weight is 393 g/mol. The lowest BCUT2D eigenvalue weighted by Gasteiger charge is -2.10. The highest BCUT2D eigenvalue weighted by Crippen LogP contribution is 2.35. The number of ketones is 1. The molecule has 0 fully saturated rings. The van der Waals surface area contributed by atoms with Gasteiger partial charge in [0.25, 0.3) is 0 Å². The third kappa shape index (κ3) is 3.31. The van der Waals surface area contributed by atoms with Crippen LogP contribution in [0.15, 0.2) is 45.6 Å². The second kappa shape index (κ2) is 7.01. The fourth-order valence-electron chi connectivity index (χ4n) is 3.45. The fourth-order valence-corrected chi connectivity index (χ4v) is 3.45. The Morgan fingerprint density at radius 2 is 1.86 bits per heavy atom. The Bertz CT molecular complexity index is 1210. The standard InChI is InChI=1S/C22H19NO6/c1-12-8-15(4-6-17(24)21-18(25)9-13(2)29-22(21)26)14(3)23(12)16-5-7-19-20(10-16)28-11-27-19/h4-10,25H,11H2,1-3H3/b6-4+. The van der Waals surface area contributed by atoms with Crippen molar-refractivity contribution in [2.24, 2.45) is 0 Å². The minimum Gasteiger partial charge on any atom is -0.507 e. The van der Waals surface area contributed by atoms with Gasteiger partial charge in [0.05, 0.1) is 0 Å². The van der Waals surface area contributed by atoms with Crippen LogP contribution in [-0.4, -0.2) is 22.2 Å². The fraction of sp³-hybridized carbons (Fsp3) is 0.182. The van der Waals surface area contributed by atoms with Crippen molar-refractivity contribution < 1.29 is 23.8 Å². The van der Waals surface area contributed by atoms with Crippen LogP contribution >= 0.6 is 0 Å². The zero-order valence-corrected chi connectivity index (χ0v) is 16.2. The van der Waals surface area contributed by atoms with Crippen molar-refractivity contribution in [1.29, 1.82) is 0 Å². The Hall–Kier alpha value is -3.74. The Labute approximate surface area is 166 Å². The van der Waals surface area contributed by atoms with Crippen LogP contribution < -0.4 is 15.1 Å². The summed E-state index contributed by atoms with van der Waals surface area (Å²) in [4.78, 5) is 24.3. The molecule has 0 aliphatic carbocycles. The number of aryl methyl sites for hydroxylation is 2. The predicted octanol–water partition coefficient (Wildman–Crippen LogP) is 3.69. The quantitative estimate of drug-likeness (QED) is 0.537. The van der Waals surface area contributed by atoms with E-state index in [4.69, 9.17) is 13.9 Å². The highest BCUT2D eigenvalue weighted by molar-refractivity contribution is 6.08. The number of aromatic hydroxyl groups is 1. The van der Waals surface area contributed by atoms with E-state index in [1.54, 1.807) is 6.08 Å². The normalized spacial score (nSPS) is 12.7. The molecule has 1 aromatic carbocycles. The first-order valence-corrected chi connectivity index (χ1v) is 9.00. The molecule has 0 radical (unpaired) electrons. The Balaban J connectivity index is 1.67. The van der Waals surface area contributed by atoms with Gasteiger partial charge in [0.15, 0.2) is 17.3 Å². The van der Waals surface area contributed by atoms with Gasteiger partial charge >= 0.3 is 5.63 Å². The van der Waals surface area contributed by atoms with Crippen LogP contribution in [0.25, 0.3) is 11.8 Å². The molecule has 0 unspecified atom stereocenters. The molecular weight excluding hydrogens is 374 g/mol. The second-order valence-electron chi connectivity index (χ2n) is 6.80. The highest BCUT2D eigenvalue weighted by Gasteiger charge is 2.18. The van der Waals surface area contributed by atoms with Crippen LogP contribution in [0.2, 0.25) is 0 Å². The van der Waals surface area contributed by atoms with E-state index in [-0.39, 0.29) is 23.9 Å². The number of benzene rings is 1. The van der Waals surface area contributed by atoms with E-state index in [9.17, 15) is 14.7 Å². The number of hydrogen-bond acceptors (Lipinski definition) is 6. The van der Waals surface area contributed by atoms with Crippen LogP contribution in [0.1, 0.15) is 33.1 Å². The van der Waals surface area contributed by atoms with Crippen LogP contribution in [0.4, 0.5) is 0 Å². The van der Waals surface area contributed by atoms with Gasteiger partial charge in [0.2, 0.25) is 6.79 Å². The van der Waals surface area contributed by atoms with E-state index in [1.165, 1.54) is 19.1 Å². The summed E-state index contributed by atoms with van der Waals surface area (Å²) < 4.78 is 17.7.